The number of amides is 2. The Labute approximate surface area is 115 Å². The average Bonchev–Trinajstić information content (AvgIpc) is 2.92. The van der Waals surface area contributed by atoms with Gasteiger partial charge in [-0.2, -0.15) is 0 Å². The van der Waals surface area contributed by atoms with Gasteiger partial charge in [-0.25, -0.2) is 4.39 Å². The minimum atomic E-state index is -1.01. The molecule has 1 aromatic heterocycles. The van der Waals surface area contributed by atoms with E-state index in [4.69, 9.17) is 10.3 Å². The Morgan fingerprint density at radius 3 is 3.00 bits per heavy atom. The Hall–Kier alpha value is -1.96. The molecule has 7 nitrogen and oxygen atoms in total. The summed E-state index contributed by atoms with van der Waals surface area (Å²) in [6.07, 6.45) is -0.740. The monoisotopic (exact) mass is 284 g/mol. The van der Waals surface area contributed by atoms with Crippen molar-refractivity contribution >= 4 is 11.8 Å². The van der Waals surface area contributed by atoms with Crippen LogP contribution in [-0.2, 0) is 4.79 Å². The molecule has 1 fully saturated rings. The van der Waals surface area contributed by atoms with Crippen LogP contribution in [0.25, 0.3) is 0 Å². The Morgan fingerprint density at radius 1 is 1.65 bits per heavy atom. The lowest BCUT2D eigenvalue weighted by Crippen LogP contribution is -2.43. The lowest BCUT2D eigenvalue weighted by atomic mass is 10.2. The molecule has 20 heavy (non-hydrogen) atoms. The van der Waals surface area contributed by atoms with Crippen LogP contribution in [0.4, 0.5) is 4.39 Å². The maximum Gasteiger partial charge on any atom is 0.273 e. The van der Waals surface area contributed by atoms with E-state index in [1.165, 1.54) is 6.07 Å². The summed E-state index contributed by atoms with van der Waals surface area (Å²) in [4.78, 5) is 24.3. The summed E-state index contributed by atoms with van der Waals surface area (Å²) in [7, 11) is 0. The van der Waals surface area contributed by atoms with Gasteiger partial charge in [0.15, 0.2) is 5.69 Å². The number of likely N-dealkylation sites (tertiary alicyclic amines) is 1. The first-order valence-electron chi connectivity index (χ1n) is 6.33. The highest BCUT2D eigenvalue weighted by Gasteiger charge is 2.33. The van der Waals surface area contributed by atoms with Crippen LogP contribution in [0.5, 0.6) is 0 Å². The highest BCUT2D eigenvalue weighted by atomic mass is 19.1. The molecule has 2 rings (SSSR count). The molecule has 3 N–H and O–H groups in total. The lowest BCUT2D eigenvalue weighted by molar-refractivity contribution is -0.119. The predicted molar refractivity (Wildman–Crippen MR) is 67.6 cm³/mol. The molecule has 1 aliphatic heterocycles. The number of aromatic nitrogens is 1. The fourth-order valence-corrected chi connectivity index (χ4v) is 2.30. The highest BCUT2D eigenvalue weighted by Crippen LogP contribution is 2.19. The van der Waals surface area contributed by atoms with Crippen LogP contribution < -0.4 is 11.1 Å². The molecule has 0 unspecified atom stereocenters. The van der Waals surface area contributed by atoms with Crippen LogP contribution in [0, 0.1) is 6.92 Å². The van der Waals surface area contributed by atoms with Crippen molar-refractivity contribution in [3.05, 3.63) is 17.5 Å². The SMILES string of the molecule is Cc1cc(C(=O)NC[C@@H]2C[C@H](F)CN2CC(N)=O)no1. The van der Waals surface area contributed by atoms with Gasteiger partial charge in [0.2, 0.25) is 5.91 Å². The summed E-state index contributed by atoms with van der Waals surface area (Å²) >= 11 is 0. The number of primary amides is 1. The largest absolute Gasteiger partial charge is 0.369 e. The van der Waals surface area contributed by atoms with Crippen molar-refractivity contribution in [2.24, 2.45) is 5.73 Å². The molecule has 0 bridgehead atoms. The van der Waals surface area contributed by atoms with E-state index < -0.39 is 12.1 Å². The number of hydrogen-bond acceptors (Lipinski definition) is 5. The first kappa shape index (κ1) is 14.4. The quantitative estimate of drug-likeness (QED) is 0.767. The Morgan fingerprint density at radius 2 is 2.40 bits per heavy atom. The van der Waals surface area contributed by atoms with Gasteiger partial charge < -0.3 is 15.6 Å². The Bertz CT molecular complexity index is 505. The van der Waals surface area contributed by atoms with Crippen molar-refractivity contribution in [2.45, 2.75) is 25.6 Å². The van der Waals surface area contributed by atoms with Crippen molar-refractivity contribution in [3.63, 3.8) is 0 Å². The smallest absolute Gasteiger partial charge is 0.273 e. The van der Waals surface area contributed by atoms with E-state index in [9.17, 15) is 14.0 Å². The van der Waals surface area contributed by atoms with Crippen LogP contribution in [0.1, 0.15) is 22.7 Å². The molecule has 2 atom stereocenters. The molecular formula is C12H17FN4O3. The van der Waals surface area contributed by atoms with Crippen molar-refractivity contribution in [1.29, 1.82) is 0 Å². The predicted octanol–water partition coefficient (Wildman–Crippen LogP) is -0.389. The number of aryl methyl sites for hydroxylation is 1. The van der Waals surface area contributed by atoms with Gasteiger partial charge in [0.1, 0.15) is 11.9 Å². The third-order valence-electron chi connectivity index (χ3n) is 3.19. The zero-order valence-electron chi connectivity index (χ0n) is 11.1. The van der Waals surface area contributed by atoms with Crippen LogP contribution >= 0.6 is 0 Å². The molecule has 2 amide bonds. The normalized spacial score (nSPS) is 22.9. The number of rotatable bonds is 5. The zero-order chi connectivity index (χ0) is 14.7. The van der Waals surface area contributed by atoms with E-state index in [0.717, 1.165) is 0 Å². The van der Waals surface area contributed by atoms with Crippen LogP contribution in [0.2, 0.25) is 0 Å². The van der Waals surface area contributed by atoms with Gasteiger partial charge in [-0.15, -0.1) is 0 Å². The van der Waals surface area contributed by atoms with Crippen molar-refractivity contribution in [1.82, 2.24) is 15.4 Å². The molecule has 1 saturated heterocycles. The standard InChI is InChI=1S/C12H17FN4O3/c1-7-2-10(16-20-7)12(19)15-4-9-3-8(13)5-17(9)6-11(14)18/h2,8-9H,3-6H2,1H3,(H2,14,18)(H,15,19)/t8-,9-/m0/s1. The summed E-state index contributed by atoms with van der Waals surface area (Å²) < 4.78 is 18.2. The highest BCUT2D eigenvalue weighted by molar-refractivity contribution is 5.92. The van der Waals surface area contributed by atoms with Crippen molar-refractivity contribution < 1.29 is 18.5 Å². The third-order valence-corrected chi connectivity index (χ3v) is 3.19. The Balaban J connectivity index is 1.88. The van der Waals surface area contributed by atoms with Crippen molar-refractivity contribution in [3.8, 4) is 0 Å². The average molecular weight is 284 g/mol. The molecule has 0 aromatic carbocycles. The van der Waals surface area contributed by atoms with Gasteiger partial charge in [0, 0.05) is 25.2 Å². The fraction of sp³-hybridized carbons (Fsp3) is 0.583. The second-order valence-corrected chi connectivity index (χ2v) is 4.92. The van der Waals surface area contributed by atoms with Gasteiger partial charge in [-0.3, -0.25) is 14.5 Å². The molecule has 2 heterocycles. The molecule has 1 aliphatic rings. The van der Waals surface area contributed by atoms with Gasteiger partial charge in [0.25, 0.3) is 5.91 Å². The molecule has 8 heteroatoms. The number of carbonyl (C=O) groups is 2. The van der Waals surface area contributed by atoms with Gasteiger partial charge in [-0.1, -0.05) is 5.16 Å². The second kappa shape index (κ2) is 6.00. The number of nitrogens with zero attached hydrogens (tertiary/aromatic N) is 2. The molecule has 0 aliphatic carbocycles. The summed E-state index contributed by atoms with van der Waals surface area (Å²) in [6.45, 7) is 2.07. The maximum absolute atomic E-state index is 13.4. The molecule has 1 aromatic rings. The van der Waals surface area contributed by atoms with Gasteiger partial charge in [0.05, 0.1) is 6.54 Å². The number of hydrogen-bond donors (Lipinski definition) is 2. The van der Waals surface area contributed by atoms with E-state index in [0.29, 0.717) is 5.76 Å². The molecule has 110 valence electrons. The van der Waals surface area contributed by atoms with E-state index >= 15 is 0 Å². The third kappa shape index (κ3) is 3.53. The minimum Gasteiger partial charge on any atom is -0.369 e. The van der Waals surface area contributed by atoms with E-state index in [2.05, 4.69) is 10.5 Å². The molecule has 0 saturated carbocycles. The fourth-order valence-electron chi connectivity index (χ4n) is 2.30. The van der Waals surface area contributed by atoms with E-state index in [1.54, 1.807) is 11.8 Å². The first-order valence-corrected chi connectivity index (χ1v) is 6.33. The number of carbonyl (C=O) groups excluding carboxylic acids is 2. The maximum atomic E-state index is 13.4. The summed E-state index contributed by atoms with van der Waals surface area (Å²) in [5.41, 5.74) is 5.30. The van der Waals surface area contributed by atoms with Gasteiger partial charge >= 0.3 is 0 Å². The van der Waals surface area contributed by atoms with Crippen molar-refractivity contribution in [2.75, 3.05) is 19.6 Å². The van der Waals surface area contributed by atoms with Crippen LogP contribution in [-0.4, -0.2) is 53.7 Å². The summed E-state index contributed by atoms with van der Waals surface area (Å²) in [5.74, 6) is -0.360. The van der Waals surface area contributed by atoms with E-state index in [1.807, 2.05) is 0 Å². The van der Waals surface area contributed by atoms with Gasteiger partial charge in [-0.05, 0) is 13.3 Å². The number of nitrogens with one attached hydrogen (secondary N) is 1. The van der Waals surface area contributed by atoms with Crippen LogP contribution in [0.15, 0.2) is 10.6 Å². The van der Waals surface area contributed by atoms with E-state index in [-0.39, 0.29) is 43.7 Å². The molecular weight excluding hydrogens is 267 g/mol. The summed E-state index contributed by atoms with van der Waals surface area (Å²) in [5, 5.41) is 6.25. The number of halogens is 1. The number of nitrogens with two attached hydrogens (primary N) is 1. The number of alkyl halides is 1. The minimum absolute atomic E-state index is 0.00990. The summed E-state index contributed by atoms with van der Waals surface area (Å²) in [6, 6.07) is 1.28. The first-order chi connectivity index (χ1) is 9.45. The Kier molecular flexibility index (Phi) is 4.33. The second-order valence-electron chi connectivity index (χ2n) is 4.92. The topological polar surface area (TPSA) is 101 Å². The zero-order valence-corrected chi connectivity index (χ0v) is 11.1. The molecule has 0 radical (unpaired) electrons. The molecule has 0 spiro atoms. The lowest BCUT2D eigenvalue weighted by Gasteiger charge is -2.22. The van der Waals surface area contributed by atoms with Crippen LogP contribution in [0.3, 0.4) is 0 Å².